The van der Waals surface area contributed by atoms with Crippen LogP contribution in [0.3, 0.4) is 0 Å². The second-order valence-corrected chi connectivity index (χ2v) is 6.49. The van der Waals surface area contributed by atoms with Crippen molar-refractivity contribution in [2.24, 2.45) is 5.92 Å². The highest BCUT2D eigenvalue weighted by Gasteiger charge is 2.31. The van der Waals surface area contributed by atoms with Crippen molar-refractivity contribution in [3.05, 3.63) is 60.3 Å². The van der Waals surface area contributed by atoms with Crippen molar-refractivity contribution in [1.82, 2.24) is 10.3 Å². The maximum atomic E-state index is 12.9. The zero-order chi connectivity index (χ0) is 20.3. The molecule has 1 amide bonds. The number of carbonyl (C=O) groups is 1. The van der Waals surface area contributed by atoms with Gasteiger partial charge in [-0.1, -0.05) is 6.58 Å². The van der Waals surface area contributed by atoms with Gasteiger partial charge in [0.25, 0.3) is 0 Å². The number of hydrogen-bond acceptors (Lipinski definition) is 4. The summed E-state index contributed by atoms with van der Waals surface area (Å²) in [6.45, 7) is 4.36. The number of rotatable bonds is 5. The zero-order valence-corrected chi connectivity index (χ0v) is 15.3. The van der Waals surface area contributed by atoms with Crippen LogP contribution in [0.5, 0.6) is 5.88 Å². The summed E-state index contributed by atoms with van der Waals surface area (Å²) >= 11 is 0. The summed E-state index contributed by atoms with van der Waals surface area (Å²) < 4.78 is 43.8. The Hall–Kier alpha value is -3.03. The van der Waals surface area contributed by atoms with Gasteiger partial charge in [-0.25, -0.2) is 4.98 Å². The molecule has 148 valence electrons. The third-order valence-corrected chi connectivity index (χ3v) is 4.60. The maximum absolute atomic E-state index is 12.9. The average molecular weight is 391 g/mol. The van der Waals surface area contributed by atoms with Gasteiger partial charge in [-0.05, 0) is 48.7 Å². The summed E-state index contributed by atoms with van der Waals surface area (Å²) in [5.74, 6) is 0.214. The third-order valence-electron chi connectivity index (χ3n) is 4.60. The quantitative estimate of drug-likeness (QED) is 0.790. The van der Waals surface area contributed by atoms with E-state index in [1.807, 2.05) is 11.0 Å². The monoisotopic (exact) mass is 391 g/mol. The summed E-state index contributed by atoms with van der Waals surface area (Å²) in [5, 5.41) is 2.77. The number of anilines is 2. The van der Waals surface area contributed by atoms with E-state index in [-0.39, 0.29) is 11.8 Å². The van der Waals surface area contributed by atoms with E-state index >= 15 is 0 Å². The van der Waals surface area contributed by atoms with Crippen LogP contribution in [0.15, 0.2) is 49.1 Å². The molecule has 0 fully saturated rings. The summed E-state index contributed by atoms with van der Waals surface area (Å²) in [5.41, 5.74) is 1.51. The van der Waals surface area contributed by atoms with Crippen LogP contribution in [0.25, 0.3) is 0 Å². The molecule has 0 saturated carbocycles. The largest absolute Gasteiger partial charge is 0.481 e. The first-order chi connectivity index (χ1) is 13.3. The molecule has 3 rings (SSSR count). The van der Waals surface area contributed by atoms with Crippen LogP contribution in [0.2, 0.25) is 0 Å². The molecule has 0 saturated heterocycles. The molecule has 0 bridgehead atoms. The Morgan fingerprint density at radius 3 is 2.64 bits per heavy atom. The van der Waals surface area contributed by atoms with Gasteiger partial charge in [-0.3, -0.25) is 4.79 Å². The van der Waals surface area contributed by atoms with Crippen LogP contribution in [0.4, 0.5) is 24.5 Å². The van der Waals surface area contributed by atoms with Crippen LogP contribution in [0, 0.1) is 5.92 Å². The van der Waals surface area contributed by atoms with Gasteiger partial charge in [0.05, 0.1) is 24.1 Å². The first-order valence-corrected chi connectivity index (χ1v) is 8.70. The number of ether oxygens (including phenoxy) is 1. The van der Waals surface area contributed by atoms with Gasteiger partial charge >= 0.3 is 6.18 Å². The number of aromatic nitrogens is 1. The highest BCUT2D eigenvalue weighted by molar-refractivity contribution is 5.86. The Morgan fingerprint density at radius 2 is 2.04 bits per heavy atom. The number of hydrogen-bond donors (Lipinski definition) is 1. The molecule has 0 spiro atoms. The fourth-order valence-corrected chi connectivity index (χ4v) is 3.21. The van der Waals surface area contributed by atoms with E-state index < -0.39 is 11.7 Å². The molecule has 1 aromatic heterocycles. The predicted octanol–water partition coefficient (Wildman–Crippen LogP) is 3.72. The van der Waals surface area contributed by atoms with Crippen molar-refractivity contribution >= 4 is 17.3 Å². The maximum Gasteiger partial charge on any atom is 0.416 e. The Kier molecular flexibility index (Phi) is 5.58. The average Bonchev–Trinajstić information content (AvgIpc) is 2.70. The molecule has 1 N–H and O–H groups in total. The molecule has 28 heavy (non-hydrogen) atoms. The van der Waals surface area contributed by atoms with E-state index in [4.69, 9.17) is 4.74 Å². The molecule has 2 heterocycles. The number of benzene rings is 1. The van der Waals surface area contributed by atoms with Crippen LogP contribution in [0.1, 0.15) is 11.3 Å². The molecular weight excluding hydrogens is 371 g/mol. The standard InChI is InChI=1S/C20H20F3N3O2/c1-3-18(27)24-11-13-10-16-17(8-9-19(25-16)28-2)26(12-13)15-6-4-14(5-7-15)20(21,22)23/h3-9,13H,1,10-12H2,2H3,(H,24,27). The zero-order valence-electron chi connectivity index (χ0n) is 15.3. The van der Waals surface area contributed by atoms with E-state index in [1.165, 1.54) is 25.3 Å². The topological polar surface area (TPSA) is 54.5 Å². The lowest BCUT2D eigenvalue weighted by molar-refractivity contribution is -0.137. The van der Waals surface area contributed by atoms with Gasteiger partial charge in [0, 0.05) is 24.8 Å². The molecule has 8 heteroatoms. The van der Waals surface area contributed by atoms with Crippen LogP contribution >= 0.6 is 0 Å². The Bertz CT molecular complexity index is 866. The number of pyridine rings is 1. The smallest absolute Gasteiger partial charge is 0.416 e. The highest BCUT2D eigenvalue weighted by atomic mass is 19.4. The molecule has 0 aliphatic carbocycles. The normalized spacial score (nSPS) is 16.3. The van der Waals surface area contributed by atoms with Crippen LogP contribution in [-0.4, -0.2) is 31.1 Å². The van der Waals surface area contributed by atoms with Crippen LogP contribution in [-0.2, 0) is 17.4 Å². The van der Waals surface area contributed by atoms with Gasteiger partial charge in [0.15, 0.2) is 0 Å². The minimum absolute atomic E-state index is 0.0262. The van der Waals surface area contributed by atoms with Gasteiger partial charge in [0.2, 0.25) is 11.8 Å². The molecule has 1 atom stereocenters. The lowest BCUT2D eigenvalue weighted by atomic mass is 9.95. The minimum Gasteiger partial charge on any atom is -0.481 e. The van der Waals surface area contributed by atoms with Gasteiger partial charge in [-0.15, -0.1) is 0 Å². The molecular formula is C20H20F3N3O2. The SMILES string of the molecule is C=CC(=O)NCC1Cc2nc(OC)ccc2N(c2ccc(C(F)(F)F)cc2)C1. The first-order valence-electron chi connectivity index (χ1n) is 8.70. The molecule has 1 aliphatic rings. The van der Waals surface area contributed by atoms with E-state index in [9.17, 15) is 18.0 Å². The Balaban J connectivity index is 1.92. The molecule has 1 aromatic carbocycles. The van der Waals surface area contributed by atoms with Gasteiger partial charge in [-0.2, -0.15) is 13.2 Å². The molecule has 1 unspecified atom stereocenters. The van der Waals surface area contributed by atoms with E-state index in [2.05, 4.69) is 16.9 Å². The second kappa shape index (κ2) is 7.92. The Labute approximate surface area is 160 Å². The number of alkyl halides is 3. The highest BCUT2D eigenvalue weighted by Crippen LogP contribution is 2.37. The van der Waals surface area contributed by atoms with Crippen molar-refractivity contribution in [3.63, 3.8) is 0 Å². The van der Waals surface area contributed by atoms with E-state index in [0.29, 0.717) is 31.1 Å². The number of methoxy groups -OCH3 is 1. The fraction of sp³-hybridized carbons (Fsp3) is 0.300. The molecule has 2 aromatic rings. The summed E-state index contributed by atoms with van der Waals surface area (Å²) in [7, 11) is 1.52. The van der Waals surface area contributed by atoms with Gasteiger partial charge < -0.3 is 15.0 Å². The molecule has 5 nitrogen and oxygen atoms in total. The molecule has 1 aliphatic heterocycles. The summed E-state index contributed by atoms with van der Waals surface area (Å²) in [6.07, 6.45) is -2.57. The van der Waals surface area contributed by atoms with Crippen molar-refractivity contribution in [3.8, 4) is 5.88 Å². The van der Waals surface area contributed by atoms with E-state index in [0.717, 1.165) is 23.5 Å². The third kappa shape index (κ3) is 4.27. The fourth-order valence-electron chi connectivity index (χ4n) is 3.21. The summed E-state index contributed by atoms with van der Waals surface area (Å²) in [4.78, 5) is 17.9. The van der Waals surface area contributed by atoms with E-state index in [1.54, 1.807) is 6.07 Å². The number of carbonyl (C=O) groups excluding carboxylic acids is 1. The van der Waals surface area contributed by atoms with Crippen LogP contribution < -0.4 is 15.0 Å². The van der Waals surface area contributed by atoms with Crippen molar-refractivity contribution in [2.75, 3.05) is 25.1 Å². The van der Waals surface area contributed by atoms with Gasteiger partial charge in [0.1, 0.15) is 0 Å². The number of halogens is 3. The predicted molar refractivity (Wildman–Crippen MR) is 99.6 cm³/mol. The second-order valence-electron chi connectivity index (χ2n) is 6.49. The summed E-state index contributed by atoms with van der Waals surface area (Å²) in [6, 6.07) is 8.58. The first kappa shape index (κ1) is 19.7. The Morgan fingerprint density at radius 1 is 1.32 bits per heavy atom. The molecule has 0 radical (unpaired) electrons. The van der Waals surface area contributed by atoms with Crippen molar-refractivity contribution in [2.45, 2.75) is 12.6 Å². The number of amides is 1. The van der Waals surface area contributed by atoms with Crippen molar-refractivity contribution in [1.29, 1.82) is 0 Å². The lowest BCUT2D eigenvalue weighted by Crippen LogP contribution is -2.39. The number of nitrogens with one attached hydrogen (secondary N) is 1. The minimum atomic E-state index is -4.38. The number of fused-ring (bicyclic) bond motifs is 1. The number of nitrogens with zero attached hydrogens (tertiary/aromatic N) is 2. The van der Waals surface area contributed by atoms with Crippen molar-refractivity contribution < 1.29 is 22.7 Å². The lowest BCUT2D eigenvalue weighted by Gasteiger charge is -2.35.